The van der Waals surface area contributed by atoms with Crippen LogP contribution < -0.4 is 9.64 Å². The smallest absolute Gasteiger partial charge is 0.234 e. The Hall–Kier alpha value is -2.43. The summed E-state index contributed by atoms with van der Waals surface area (Å²) in [5, 5.41) is 7.78. The van der Waals surface area contributed by atoms with Crippen molar-refractivity contribution in [3.63, 3.8) is 0 Å². The molecule has 0 N–H and O–H groups in total. The van der Waals surface area contributed by atoms with E-state index in [0.717, 1.165) is 17.0 Å². The van der Waals surface area contributed by atoms with Crippen LogP contribution in [0.4, 0.5) is 5.69 Å². The lowest BCUT2D eigenvalue weighted by molar-refractivity contribution is -0.122. The van der Waals surface area contributed by atoms with Crippen molar-refractivity contribution >= 4 is 24.0 Å². The molecule has 102 valence electrons. The Morgan fingerprint density at radius 2 is 1.95 bits per heavy atom. The highest BCUT2D eigenvalue weighted by Crippen LogP contribution is 2.31. The molecule has 2 aliphatic rings. The van der Waals surface area contributed by atoms with E-state index in [1.807, 2.05) is 37.4 Å². The van der Waals surface area contributed by atoms with Gasteiger partial charge in [0.25, 0.3) is 0 Å². The number of hydrogen-bond donors (Lipinski definition) is 0. The molecule has 0 aliphatic carbocycles. The monoisotopic (exact) mass is 269 g/mol. The number of methoxy groups -OCH3 is 1. The van der Waals surface area contributed by atoms with E-state index in [2.05, 4.69) is 10.2 Å². The summed E-state index contributed by atoms with van der Waals surface area (Å²) in [6.45, 7) is 1.92. The SMILES string of the molecule is COc1ccc(N2C=C3C=NN=CC3C(C)C2=O)cc1. The van der Waals surface area contributed by atoms with Gasteiger partial charge in [-0.15, -0.1) is 0 Å². The maximum atomic E-state index is 12.5. The molecular formula is C15H15N3O2. The van der Waals surface area contributed by atoms with Crippen molar-refractivity contribution in [3.8, 4) is 5.75 Å². The van der Waals surface area contributed by atoms with Gasteiger partial charge in [0.15, 0.2) is 0 Å². The molecule has 0 fully saturated rings. The predicted molar refractivity (Wildman–Crippen MR) is 78.2 cm³/mol. The van der Waals surface area contributed by atoms with Crippen LogP contribution in [0.1, 0.15) is 6.92 Å². The van der Waals surface area contributed by atoms with Crippen LogP contribution in [-0.2, 0) is 4.79 Å². The fourth-order valence-electron chi connectivity index (χ4n) is 2.45. The molecule has 2 heterocycles. The number of ether oxygens (including phenoxy) is 1. The molecule has 0 aromatic heterocycles. The molecule has 0 radical (unpaired) electrons. The second-order valence-electron chi connectivity index (χ2n) is 4.86. The van der Waals surface area contributed by atoms with Crippen molar-refractivity contribution in [2.45, 2.75) is 6.92 Å². The highest BCUT2D eigenvalue weighted by molar-refractivity contribution is 6.04. The minimum Gasteiger partial charge on any atom is -0.497 e. The topological polar surface area (TPSA) is 54.3 Å². The molecule has 0 bridgehead atoms. The van der Waals surface area contributed by atoms with E-state index in [0.29, 0.717) is 0 Å². The number of amides is 1. The summed E-state index contributed by atoms with van der Waals surface area (Å²) in [4.78, 5) is 14.1. The van der Waals surface area contributed by atoms with E-state index < -0.39 is 0 Å². The summed E-state index contributed by atoms with van der Waals surface area (Å²) in [5.41, 5.74) is 1.83. The normalized spacial score (nSPS) is 24.4. The van der Waals surface area contributed by atoms with Crippen molar-refractivity contribution in [2.75, 3.05) is 12.0 Å². The average Bonchev–Trinajstić information content (AvgIpc) is 2.51. The van der Waals surface area contributed by atoms with Gasteiger partial charge in [0.1, 0.15) is 5.75 Å². The number of hydrogen-bond acceptors (Lipinski definition) is 4. The van der Waals surface area contributed by atoms with Crippen LogP contribution in [-0.4, -0.2) is 25.4 Å². The van der Waals surface area contributed by atoms with Gasteiger partial charge in [0.05, 0.1) is 13.3 Å². The van der Waals surface area contributed by atoms with Crippen molar-refractivity contribution in [2.24, 2.45) is 22.0 Å². The van der Waals surface area contributed by atoms with E-state index in [9.17, 15) is 4.79 Å². The molecule has 20 heavy (non-hydrogen) atoms. The number of benzene rings is 1. The van der Waals surface area contributed by atoms with Crippen molar-refractivity contribution in [3.05, 3.63) is 36.0 Å². The Labute approximate surface area is 117 Å². The lowest BCUT2D eigenvalue weighted by atomic mass is 9.84. The van der Waals surface area contributed by atoms with Crippen molar-refractivity contribution in [1.82, 2.24) is 0 Å². The molecular weight excluding hydrogens is 254 g/mol. The number of anilines is 1. The molecule has 5 heteroatoms. The zero-order valence-electron chi connectivity index (χ0n) is 11.4. The van der Waals surface area contributed by atoms with E-state index in [1.54, 1.807) is 24.4 Å². The Balaban J connectivity index is 1.98. The largest absolute Gasteiger partial charge is 0.497 e. The average molecular weight is 269 g/mol. The van der Waals surface area contributed by atoms with Crippen LogP contribution in [0.3, 0.4) is 0 Å². The van der Waals surface area contributed by atoms with Crippen LogP contribution in [0, 0.1) is 11.8 Å². The van der Waals surface area contributed by atoms with Gasteiger partial charge in [0, 0.05) is 29.9 Å². The Morgan fingerprint density at radius 1 is 1.20 bits per heavy atom. The third-order valence-electron chi connectivity index (χ3n) is 3.68. The summed E-state index contributed by atoms with van der Waals surface area (Å²) in [5.74, 6) is 0.705. The number of allylic oxidation sites excluding steroid dienone is 1. The molecule has 1 aromatic carbocycles. The quantitative estimate of drug-likeness (QED) is 0.826. The maximum Gasteiger partial charge on any atom is 0.234 e. The van der Waals surface area contributed by atoms with Gasteiger partial charge in [-0.1, -0.05) is 6.92 Å². The number of carbonyl (C=O) groups is 1. The lowest BCUT2D eigenvalue weighted by Crippen LogP contribution is -2.41. The van der Waals surface area contributed by atoms with Gasteiger partial charge in [-0.3, -0.25) is 9.69 Å². The molecule has 2 unspecified atom stereocenters. The summed E-state index contributed by atoms with van der Waals surface area (Å²) >= 11 is 0. The number of carbonyl (C=O) groups excluding carboxylic acids is 1. The lowest BCUT2D eigenvalue weighted by Gasteiger charge is -2.33. The number of rotatable bonds is 2. The van der Waals surface area contributed by atoms with Crippen LogP contribution in [0.5, 0.6) is 5.75 Å². The summed E-state index contributed by atoms with van der Waals surface area (Å²) in [6, 6.07) is 7.42. The minimum atomic E-state index is -0.146. The van der Waals surface area contributed by atoms with Crippen molar-refractivity contribution in [1.29, 1.82) is 0 Å². The second-order valence-corrected chi connectivity index (χ2v) is 4.86. The minimum absolute atomic E-state index is 0.0227. The first kappa shape index (κ1) is 12.6. The van der Waals surface area contributed by atoms with E-state index in [-0.39, 0.29) is 17.7 Å². The zero-order chi connectivity index (χ0) is 14.1. The summed E-state index contributed by atoms with van der Waals surface area (Å²) in [6.07, 6.45) is 5.29. The molecule has 1 aromatic rings. The van der Waals surface area contributed by atoms with Gasteiger partial charge in [-0.05, 0) is 29.8 Å². The maximum absolute atomic E-state index is 12.5. The van der Waals surface area contributed by atoms with E-state index in [4.69, 9.17) is 4.74 Å². The molecule has 0 spiro atoms. The van der Waals surface area contributed by atoms with Crippen LogP contribution in [0.25, 0.3) is 0 Å². The van der Waals surface area contributed by atoms with Crippen LogP contribution in [0.2, 0.25) is 0 Å². The Morgan fingerprint density at radius 3 is 2.65 bits per heavy atom. The van der Waals surface area contributed by atoms with Crippen LogP contribution in [0.15, 0.2) is 46.2 Å². The molecule has 3 rings (SSSR count). The summed E-state index contributed by atoms with van der Waals surface area (Å²) in [7, 11) is 1.62. The number of fused-ring (bicyclic) bond motifs is 1. The third kappa shape index (κ3) is 2.01. The molecule has 5 nitrogen and oxygen atoms in total. The van der Waals surface area contributed by atoms with Gasteiger partial charge < -0.3 is 4.74 Å². The predicted octanol–water partition coefficient (Wildman–Crippen LogP) is 2.25. The molecule has 1 amide bonds. The molecule has 0 saturated heterocycles. The van der Waals surface area contributed by atoms with E-state index >= 15 is 0 Å². The number of nitrogens with zero attached hydrogens (tertiary/aromatic N) is 3. The molecule has 0 saturated carbocycles. The first-order valence-electron chi connectivity index (χ1n) is 6.46. The second kappa shape index (κ2) is 4.92. The highest BCUT2D eigenvalue weighted by Gasteiger charge is 2.34. The fraction of sp³-hybridized carbons (Fsp3) is 0.267. The van der Waals surface area contributed by atoms with Gasteiger partial charge in [-0.2, -0.15) is 10.2 Å². The van der Waals surface area contributed by atoms with Gasteiger partial charge in [0.2, 0.25) is 5.91 Å². The third-order valence-corrected chi connectivity index (χ3v) is 3.68. The highest BCUT2D eigenvalue weighted by atomic mass is 16.5. The van der Waals surface area contributed by atoms with Crippen molar-refractivity contribution < 1.29 is 9.53 Å². The van der Waals surface area contributed by atoms with Gasteiger partial charge >= 0.3 is 0 Å². The molecule has 2 aliphatic heterocycles. The standard InChI is InChI=1S/C15H15N3O2/c1-10-14-8-17-16-7-11(14)9-18(15(10)19)12-3-5-13(20-2)6-4-12/h3-10,14H,1-2H3. The molecule has 2 atom stereocenters. The first-order valence-corrected chi connectivity index (χ1v) is 6.46. The Bertz CT molecular complexity index is 617. The van der Waals surface area contributed by atoms with Gasteiger partial charge in [-0.25, -0.2) is 0 Å². The zero-order valence-corrected chi connectivity index (χ0v) is 11.4. The van der Waals surface area contributed by atoms with E-state index in [1.165, 1.54) is 0 Å². The fourth-order valence-corrected chi connectivity index (χ4v) is 2.45. The summed E-state index contributed by atoms with van der Waals surface area (Å²) < 4.78 is 5.13. The Kier molecular flexibility index (Phi) is 3.10. The first-order chi connectivity index (χ1) is 9.70. The van der Waals surface area contributed by atoms with Crippen LogP contribution >= 0.6 is 0 Å².